The average Bonchev–Trinajstić information content (AvgIpc) is 3.45. The Morgan fingerprint density at radius 1 is 1.26 bits per heavy atom. The van der Waals surface area contributed by atoms with E-state index < -0.39 is 0 Å². The monoisotopic (exact) mass is 383 g/mol. The second-order valence-corrected chi connectivity index (χ2v) is 7.41. The van der Waals surface area contributed by atoms with Crippen molar-refractivity contribution in [3.63, 3.8) is 0 Å². The van der Waals surface area contributed by atoms with Gasteiger partial charge in [-0.1, -0.05) is 12.1 Å². The first-order valence-corrected chi connectivity index (χ1v) is 9.53. The maximum absolute atomic E-state index is 12.4. The van der Waals surface area contributed by atoms with Crippen LogP contribution in [0.4, 0.5) is 0 Å². The van der Waals surface area contributed by atoms with Crippen molar-refractivity contribution in [3.05, 3.63) is 63.6 Å². The molecule has 0 unspecified atom stereocenters. The van der Waals surface area contributed by atoms with Crippen molar-refractivity contribution in [2.45, 2.75) is 25.8 Å². The Hall–Kier alpha value is -2.84. The number of carbonyl (C=O) groups excluding carboxylic acids is 1. The molecule has 1 atom stereocenters. The second-order valence-electron chi connectivity index (χ2n) is 6.38. The van der Waals surface area contributed by atoms with Crippen molar-refractivity contribution in [1.82, 2.24) is 15.1 Å². The number of hydrogen-bond donors (Lipinski definition) is 1. The van der Waals surface area contributed by atoms with Gasteiger partial charge < -0.3 is 19.5 Å². The molecule has 0 saturated heterocycles. The Morgan fingerprint density at radius 2 is 2.19 bits per heavy atom. The topological polar surface area (TPSA) is 74.6 Å². The summed E-state index contributed by atoms with van der Waals surface area (Å²) in [4.78, 5) is 13.5. The number of nitrogens with one attached hydrogen (secondary N) is 1. The number of amides is 1. The molecule has 0 radical (unpaired) electrons. The highest BCUT2D eigenvalue weighted by Gasteiger charge is 2.25. The lowest BCUT2D eigenvalue weighted by Crippen LogP contribution is -2.24. The minimum Gasteiger partial charge on any atom is -0.454 e. The number of fused-ring (bicyclic) bond motifs is 2. The van der Waals surface area contributed by atoms with E-state index in [4.69, 9.17) is 14.2 Å². The van der Waals surface area contributed by atoms with Crippen LogP contribution in [0.15, 0.2) is 41.8 Å². The molecule has 0 saturated carbocycles. The van der Waals surface area contributed by atoms with Crippen LogP contribution < -0.4 is 14.8 Å². The van der Waals surface area contributed by atoms with Crippen molar-refractivity contribution in [2.75, 3.05) is 6.79 Å². The summed E-state index contributed by atoms with van der Waals surface area (Å²) in [7, 11) is 0. The van der Waals surface area contributed by atoms with Gasteiger partial charge in [0.05, 0.1) is 25.4 Å². The number of hydrogen-bond acceptors (Lipinski definition) is 6. The summed E-state index contributed by atoms with van der Waals surface area (Å²) >= 11 is 1.61. The predicted octanol–water partition coefficient (Wildman–Crippen LogP) is 2.87. The highest BCUT2D eigenvalue weighted by molar-refractivity contribution is 7.09. The summed E-state index contributed by atoms with van der Waals surface area (Å²) in [5, 5.41) is 9.37. The van der Waals surface area contributed by atoms with Crippen LogP contribution in [-0.2, 0) is 24.4 Å². The van der Waals surface area contributed by atoms with E-state index >= 15 is 0 Å². The molecular formula is C19H17N3O4S. The van der Waals surface area contributed by atoms with Gasteiger partial charge in [-0.2, -0.15) is 5.10 Å². The smallest absolute Gasteiger partial charge is 0.272 e. The first kappa shape index (κ1) is 16.3. The Labute approximate surface area is 159 Å². The van der Waals surface area contributed by atoms with E-state index in [0.29, 0.717) is 25.4 Å². The van der Waals surface area contributed by atoms with Gasteiger partial charge in [-0.05, 0) is 35.2 Å². The van der Waals surface area contributed by atoms with E-state index in [1.54, 1.807) is 17.4 Å². The molecule has 0 spiro atoms. The molecule has 7 nitrogen and oxygen atoms in total. The maximum Gasteiger partial charge on any atom is 0.272 e. The third-order valence-corrected chi connectivity index (χ3v) is 5.52. The minimum atomic E-state index is -0.176. The molecule has 1 N–H and O–H groups in total. The lowest BCUT2D eigenvalue weighted by atomic mass is 10.1. The first-order chi connectivity index (χ1) is 13.3. The van der Waals surface area contributed by atoms with Gasteiger partial charge in [-0.3, -0.25) is 9.48 Å². The zero-order chi connectivity index (χ0) is 18.2. The van der Waals surface area contributed by atoms with Crippen molar-refractivity contribution in [2.24, 2.45) is 0 Å². The fraction of sp³-hybridized carbons (Fsp3) is 0.263. The van der Waals surface area contributed by atoms with Gasteiger partial charge in [0, 0.05) is 4.88 Å². The van der Waals surface area contributed by atoms with Gasteiger partial charge in [-0.25, -0.2) is 0 Å². The Balaban J connectivity index is 1.29. The highest BCUT2D eigenvalue weighted by Crippen LogP contribution is 2.36. The molecule has 1 amide bonds. The molecule has 0 fully saturated rings. The number of nitrogens with zero attached hydrogens (tertiary/aromatic N) is 2. The van der Waals surface area contributed by atoms with Crippen molar-refractivity contribution < 1.29 is 19.0 Å². The Kier molecular flexibility index (Phi) is 4.06. The quantitative estimate of drug-likeness (QED) is 0.750. The lowest BCUT2D eigenvalue weighted by Gasteiger charge is -2.24. The van der Waals surface area contributed by atoms with Crippen LogP contribution in [0.1, 0.15) is 32.7 Å². The number of thiophene rings is 1. The second kappa shape index (κ2) is 6.71. The lowest BCUT2D eigenvalue weighted by molar-refractivity contribution is -0.00128. The largest absolute Gasteiger partial charge is 0.454 e. The normalized spacial score (nSPS) is 17.6. The fourth-order valence-corrected chi connectivity index (χ4v) is 3.87. The fourth-order valence-electron chi connectivity index (χ4n) is 3.22. The van der Waals surface area contributed by atoms with Crippen LogP contribution in [0, 0.1) is 0 Å². The number of benzene rings is 1. The summed E-state index contributed by atoms with van der Waals surface area (Å²) in [5.74, 6) is 1.31. The molecule has 3 aromatic rings. The van der Waals surface area contributed by atoms with E-state index in [9.17, 15) is 4.79 Å². The van der Waals surface area contributed by atoms with Crippen LogP contribution in [0.2, 0.25) is 0 Å². The Bertz CT molecular complexity index is 983. The molecule has 138 valence electrons. The zero-order valence-electron chi connectivity index (χ0n) is 14.4. The first-order valence-electron chi connectivity index (χ1n) is 8.65. The molecule has 0 bridgehead atoms. The van der Waals surface area contributed by atoms with Crippen molar-refractivity contribution in [1.29, 1.82) is 0 Å². The third-order valence-electron chi connectivity index (χ3n) is 4.64. The molecule has 2 aliphatic rings. The van der Waals surface area contributed by atoms with Gasteiger partial charge in [-0.15, -0.1) is 11.3 Å². The van der Waals surface area contributed by atoms with E-state index in [1.165, 1.54) is 0 Å². The SMILES string of the molecule is O=C(NCc1cccs1)c1cc2n(n1)C[C@@H](c1ccc3c(c1)OCO3)OC2. The molecule has 0 aliphatic carbocycles. The summed E-state index contributed by atoms with van der Waals surface area (Å²) in [6, 6.07) is 11.6. The number of rotatable bonds is 4. The van der Waals surface area contributed by atoms with Crippen LogP contribution in [0.5, 0.6) is 11.5 Å². The molecule has 4 heterocycles. The van der Waals surface area contributed by atoms with Gasteiger partial charge in [0.2, 0.25) is 6.79 Å². The number of aromatic nitrogens is 2. The number of carbonyl (C=O) groups is 1. The molecule has 5 rings (SSSR count). The van der Waals surface area contributed by atoms with E-state index in [1.807, 2.05) is 40.4 Å². The molecular weight excluding hydrogens is 366 g/mol. The molecule has 8 heteroatoms. The zero-order valence-corrected chi connectivity index (χ0v) is 15.2. The summed E-state index contributed by atoms with van der Waals surface area (Å²) in [5.41, 5.74) is 2.31. The van der Waals surface area contributed by atoms with E-state index in [2.05, 4.69) is 10.4 Å². The van der Waals surface area contributed by atoms with E-state index in [-0.39, 0.29) is 18.8 Å². The average molecular weight is 383 g/mol. The summed E-state index contributed by atoms with van der Waals surface area (Å²) in [6.45, 7) is 1.71. The van der Waals surface area contributed by atoms with Crippen molar-refractivity contribution in [3.8, 4) is 11.5 Å². The van der Waals surface area contributed by atoms with Crippen LogP contribution in [0.3, 0.4) is 0 Å². The van der Waals surface area contributed by atoms with Gasteiger partial charge >= 0.3 is 0 Å². The van der Waals surface area contributed by atoms with Crippen molar-refractivity contribution >= 4 is 17.2 Å². The van der Waals surface area contributed by atoms with Crippen LogP contribution in [0.25, 0.3) is 0 Å². The summed E-state index contributed by atoms with van der Waals surface area (Å²) in [6.07, 6.45) is -0.145. The third kappa shape index (κ3) is 3.17. The minimum absolute atomic E-state index is 0.145. The highest BCUT2D eigenvalue weighted by atomic mass is 32.1. The van der Waals surface area contributed by atoms with E-state index in [0.717, 1.165) is 27.6 Å². The van der Waals surface area contributed by atoms with Crippen LogP contribution >= 0.6 is 11.3 Å². The van der Waals surface area contributed by atoms with Gasteiger partial charge in [0.25, 0.3) is 5.91 Å². The molecule has 2 aromatic heterocycles. The van der Waals surface area contributed by atoms with Gasteiger partial charge in [0.15, 0.2) is 17.2 Å². The van der Waals surface area contributed by atoms with Gasteiger partial charge in [0.1, 0.15) is 6.10 Å². The maximum atomic E-state index is 12.4. The molecule has 27 heavy (non-hydrogen) atoms. The molecule has 2 aliphatic heterocycles. The number of ether oxygens (including phenoxy) is 3. The molecule has 1 aromatic carbocycles. The van der Waals surface area contributed by atoms with Crippen LogP contribution in [-0.4, -0.2) is 22.5 Å². The standard InChI is InChI=1S/C19H17N3O4S/c23-19(20-8-14-2-1-5-27-14)15-7-13-10-24-18(9-22(13)21-15)12-3-4-16-17(6-12)26-11-25-16/h1-7,18H,8-11H2,(H,20,23)/t18-/m0/s1. The summed E-state index contributed by atoms with van der Waals surface area (Å²) < 4.78 is 18.6. The Morgan fingerprint density at radius 3 is 3.07 bits per heavy atom. The predicted molar refractivity (Wildman–Crippen MR) is 97.8 cm³/mol.